The van der Waals surface area contributed by atoms with Gasteiger partial charge in [0.05, 0.1) is 0 Å². The lowest BCUT2D eigenvalue weighted by atomic mass is 10.2. The summed E-state index contributed by atoms with van der Waals surface area (Å²) in [5.41, 5.74) is 0. The number of hydrogen-bond acceptors (Lipinski definition) is 3. The Morgan fingerprint density at radius 2 is 1.73 bits per heavy atom. The summed E-state index contributed by atoms with van der Waals surface area (Å²) < 4.78 is 4.82. The van der Waals surface area contributed by atoms with E-state index >= 15 is 0 Å². The van der Waals surface area contributed by atoms with Crippen molar-refractivity contribution in [3.8, 4) is 0 Å². The highest BCUT2D eigenvalue weighted by Gasteiger charge is 2.13. The Morgan fingerprint density at radius 1 is 1.27 bits per heavy atom. The molecule has 0 bridgehead atoms. The maximum absolute atomic E-state index is 10.7. The zero-order valence-electron chi connectivity index (χ0n) is 7.22. The van der Waals surface area contributed by atoms with Crippen molar-refractivity contribution < 1.29 is 14.3 Å². The molecule has 0 spiro atoms. The van der Waals surface area contributed by atoms with E-state index in [9.17, 15) is 9.59 Å². The molecule has 0 radical (unpaired) electrons. The van der Waals surface area contributed by atoms with E-state index in [1.807, 2.05) is 13.8 Å². The first kappa shape index (κ1) is 10.1. The Labute approximate surface area is 66.7 Å². The van der Waals surface area contributed by atoms with Gasteiger partial charge in [0, 0.05) is 6.92 Å². The number of carbonyl (C=O) groups excluding carboxylic acids is 2. The average molecular weight is 158 g/mol. The molecule has 0 unspecified atom stereocenters. The molecule has 0 fully saturated rings. The molecule has 0 aromatic rings. The third-order valence-electron chi connectivity index (χ3n) is 1.47. The summed E-state index contributed by atoms with van der Waals surface area (Å²) in [6.07, 6.45) is 1.41. The van der Waals surface area contributed by atoms with E-state index in [4.69, 9.17) is 4.74 Å². The van der Waals surface area contributed by atoms with Gasteiger partial charge in [-0.25, -0.2) is 4.79 Å². The van der Waals surface area contributed by atoms with Crippen molar-refractivity contribution in [3.05, 3.63) is 0 Å². The highest BCUT2D eigenvalue weighted by molar-refractivity contribution is 6.32. The van der Waals surface area contributed by atoms with Crippen LogP contribution in [-0.2, 0) is 14.3 Å². The number of carbonyl (C=O) groups is 2. The van der Waals surface area contributed by atoms with Gasteiger partial charge in [-0.1, -0.05) is 13.8 Å². The lowest BCUT2D eigenvalue weighted by Gasteiger charge is -2.11. The van der Waals surface area contributed by atoms with E-state index in [1.54, 1.807) is 0 Å². The number of hydrogen-bond donors (Lipinski definition) is 0. The number of ether oxygens (including phenoxy) is 1. The summed E-state index contributed by atoms with van der Waals surface area (Å²) in [5, 5.41) is 0. The van der Waals surface area contributed by atoms with Gasteiger partial charge in [-0.15, -0.1) is 0 Å². The fourth-order valence-corrected chi connectivity index (χ4v) is 0.690. The molecular weight excluding hydrogens is 144 g/mol. The second-order valence-corrected chi connectivity index (χ2v) is 2.40. The lowest BCUT2D eigenvalue weighted by molar-refractivity contribution is -0.157. The molecular formula is C8H14O3. The van der Waals surface area contributed by atoms with Crippen LogP contribution in [0.1, 0.15) is 33.6 Å². The molecule has 0 N–H and O–H groups in total. The van der Waals surface area contributed by atoms with Crippen LogP contribution >= 0.6 is 0 Å². The predicted molar refractivity (Wildman–Crippen MR) is 41.1 cm³/mol. The van der Waals surface area contributed by atoms with E-state index in [1.165, 1.54) is 6.92 Å². The van der Waals surface area contributed by atoms with Crippen LogP contribution in [0.15, 0.2) is 0 Å². The lowest BCUT2D eigenvalue weighted by Crippen LogP contribution is -2.21. The zero-order chi connectivity index (χ0) is 8.85. The molecule has 0 aliphatic rings. The SMILES string of the molecule is CCC(CC)OC(=O)C(C)=O. The molecule has 0 saturated carbocycles. The van der Waals surface area contributed by atoms with Gasteiger partial charge in [-0.2, -0.15) is 0 Å². The molecule has 0 rings (SSSR count). The van der Waals surface area contributed by atoms with Gasteiger partial charge in [0.25, 0.3) is 0 Å². The largest absolute Gasteiger partial charge is 0.457 e. The maximum Gasteiger partial charge on any atom is 0.374 e. The highest BCUT2D eigenvalue weighted by atomic mass is 16.5. The summed E-state index contributed by atoms with van der Waals surface area (Å²) in [6, 6.07) is 0. The minimum atomic E-state index is -0.723. The Morgan fingerprint density at radius 3 is 2.00 bits per heavy atom. The Kier molecular flexibility index (Phi) is 4.50. The second kappa shape index (κ2) is 4.88. The first-order valence-corrected chi connectivity index (χ1v) is 3.83. The molecule has 3 heteroatoms. The van der Waals surface area contributed by atoms with Crippen LogP contribution < -0.4 is 0 Å². The van der Waals surface area contributed by atoms with Crippen LogP contribution in [0.25, 0.3) is 0 Å². The van der Waals surface area contributed by atoms with E-state index in [0.29, 0.717) is 0 Å². The van der Waals surface area contributed by atoms with Crippen LogP contribution in [0.3, 0.4) is 0 Å². The van der Waals surface area contributed by atoms with Crippen molar-refractivity contribution in [2.24, 2.45) is 0 Å². The molecule has 0 aromatic carbocycles. The summed E-state index contributed by atoms with van der Waals surface area (Å²) in [6.45, 7) is 5.05. The van der Waals surface area contributed by atoms with E-state index in [0.717, 1.165) is 12.8 Å². The van der Waals surface area contributed by atoms with Crippen molar-refractivity contribution >= 4 is 11.8 Å². The first-order valence-electron chi connectivity index (χ1n) is 3.83. The van der Waals surface area contributed by atoms with E-state index in [2.05, 4.69) is 0 Å². The molecule has 0 aromatic heterocycles. The Bertz CT molecular complexity index is 147. The van der Waals surface area contributed by atoms with Gasteiger partial charge in [-0.3, -0.25) is 4.79 Å². The van der Waals surface area contributed by atoms with Crippen LogP contribution in [0.2, 0.25) is 0 Å². The molecule has 0 aliphatic carbocycles. The van der Waals surface area contributed by atoms with Crippen molar-refractivity contribution in [3.63, 3.8) is 0 Å². The fraction of sp³-hybridized carbons (Fsp3) is 0.750. The third kappa shape index (κ3) is 3.75. The summed E-state index contributed by atoms with van der Waals surface area (Å²) in [7, 11) is 0. The van der Waals surface area contributed by atoms with Gasteiger partial charge in [0.2, 0.25) is 5.78 Å². The number of esters is 1. The molecule has 0 amide bonds. The second-order valence-electron chi connectivity index (χ2n) is 2.40. The summed E-state index contributed by atoms with van der Waals surface area (Å²) >= 11 is 0. The quantitative estimate of drug-likeness (QED) is 0.457. The Hall–Kier alpha value is -0.860. The Balaban J connectivity index is 3.81. The van der Waals surface area contributed by atoms with Crippen LogP contribution in [0.5, 0.6) is 0 Å². The van der Waals surface area contributed by atoms with Crippen molar-refractivity contribution in [2.45, 2.75) is 39.7 Å². The van der Waals surface area contributed by atoms with Crippen molar-refractivity contribution in [1.29, 1.82) is 0 Å². The first-order chi connectivity index (χ1) is 5.11. The number of Topliss-reactive ketones (excluding diaryl/α,β-unsaturated/α-hetero) is 1. The zero-order valence-corrected chi connectivity index (χ0v) is 7.22. The maximum atomic E-state index is 10.7. The topological polar surface area (TPSA) is 43.4 Å². The normalized spacial score (nSPS) is 9.82. The van der Waals surface area contributed by atoms with E-state index < -0.39 is 11.8 Å². The monoisotopic (exact) mass is 158 g/mol. The van der Waals surface area contributed by atoms with Gasteiger partial charge in [0.15, 0.2) is 0 Å². The molecule has 3 nitrogen and oxygen atoms in total. The molecule has 0 saturated heterocycles. The van der Waals surface area contributed by atoms with Crippen molar-refractivity contribution in [1.82, 2.24) is 0 Å². The minimum absolute atomic E-state index is 0.105. The van der Waals surface area contributed by atoms with Gasteiger partial charge in [-0.05, 0) is 12.8 Å². The van der Waals surface area contributed by atoms with Gasteiger partial charge in [0.1, 0.15) is 6.10 Å². The summed E-state index contributed by atoms with van der Waals surface area (Å²) in [4.78, 5) is 21.1. The van der Waals surface area contributed by atoms with Gasteiger partial charge >= 0.3 is 5.97 Å². The van der Waals surface area contributed by atoms with Crippen LogP contribution in [0.4, 0.5) is 0 Å². The average Bonchev–Trinajstić information content (AvgIpc) is 1.99. The van der Waals surface area contributed by atoms with Gasteiger partial charge < -0.3 is 4.74 Å². The summed E-state index contributed by atoms with van der Waals surface area (Å²) in [5.74, 6) is -1.25. The minimum Gasteiger partial charge on any atom is -0.457 e. The molecule has 11 heavy (non-hydrogen) atoms. The van der Waals surface area contributed by atoms with E-state index in [-0.39, 0.29) is 6.10 Å². The smallest absolute Gasteiger partial charge is 0.374 e. The number of rotatable bonds is 4. The fourth-order valence-electron chi connectivity index (χ4n) is 0.690. The van der Waals surface area contributed by atoms with Crippen molar-refractivity contribution in [2.75, 3.05) is 0 Å². The molecule has 64 valence electrons. The highest BCUT2D eigenvalue weighted by Crippen LogP contribution is 2.02. The molecule has 0 aliphatic heterocycles. The predicted octanol–water partition coefficient (Wildman–Crippen LogP) is 1.31. The third-order valence-corrected chi connectivity index (χ3v) is 1.47. The standard InChI is InChI=1S/C8H14O3/c1-4-7(5-2)11-8(10)6(3)9/h7H,4-5H2,1-3H3. The van der Waals surface area contributed by atoms with Crippen LogP contribution in [0, 0.1) is 0 Å². The number of ketones is 1. The van der Waals surface area contributed by atoms with Crippen LogP contribution in [-0.4, -0.2) is 17.9 Å². The molecule has 0 atom stereocenters. The molecule has 0 heterocycles.